The summed E-state index contributed by atoms with van der Waals surface area (Å²) < 4.78 is 23.5. The van der Waals surface area contributed by atoms with E-state index in [1.54, 1.807) is 0 Å². The van der Waals surface area contributed by atoms with Crippen molar-refractivity contribution in [3.05, 3.63) is 0 Å². The van der Waals surface area contributed by atoms with Crippen LogP contribution in [0.2, 0.25) is 0 Å². The average molecular weight is 358 g/mol. The smallest absolute Gasteiger partial charge is 0.323 e. The molecule has 2 aliphatic heterocycles. The third-order valence-corrected chi connectivity index (χ3v) is 7.89. The fourth-order valence-electron chi connectivity index (χ4n) is 4.49. The highest BCUT2D eigenvalue weighted by molar-refractivity contribution is 7.91. The van der Waals surface area contributed by atoms with Gasteiger partial charge in [-0.15, -0.1) is 0 Å². The number of quaternary nitrogens is 1. The van der Waals surface area contributed by atoms with E-state index in [4.69, 9.17) is 0 Å². The van der Waals surface area contributed by atoms with Crippen molar-refractivity contribution in [2.75, 3.05) is 24.7 Å². The maximum absolute atomic E-state index is 13.0. The van der Waals surface area contributed by atoms with Crippen molar-refractivity contribution in [3.63, 3.8) is 0 Å². The van der Waals surface area contributed by atoms with Crippen molar-refractivity contribution in [1.29, 1.82) is 0 Å². The molecule has 0 aromatic heterocycles. The van der Waals surface area contributed by atoms with Gasteiger partial charge < -0.3 is 10.2 Å². The Labute approximate surface area is 143 Å². The van der Waals surface area contributed by atoms with Gasteiger partial charge in [-0.05, 0) is 25.7 Å². The Morgan fingerprint density at radius 1 is 1.29 bits per heavy atom. The second-order valence-electron chi connectivity index (χ2n) is 7.55. The molecule has 1 saturated carbocycles. The second kappa shape index (κ2) is 6.29. The Bertz CT molecular complexity index is 635. The maximum Gasteiger partial charge on any atom is 0.329 e. The fraction of sp³-hybridized carbons (Fsp3) is 0.875. The number of imide groups is 1. The van der Waals surface area contributed by atoms with Gasteiger partial charge in [0.2, 0.25) is 0 Å². The predicted molar refractivity (Wildman–Crippen MR) is 89.2 cm³/mol. The summed E-state index contributed by atoms with van der Waals surface area (Å²) in [6.45, 7) is 4.96. The van der Waals surface area contributed by atoms with Crippen LogP contribution in [0.15, 0.2) is 0 Å². The van der Waals surface area contributed by atoms with Crippen LogP contribution in [0.3, 0.4) is 0 Å². The molecular formula is C16H28N3O4S+. The first kappa shape index (κ1) is 17.7. The number of sulfone groups is 1. The summed E-state index contributed by atoms with van der Waals surface area (Å²) >= 11 is 0. The van der Waals surface area contributed by atoms with E-state index in [-0.39, 0.29) is 42.1 Å². The number of amides is 3. The SMILES string of the molecule is CC[NH+](CN1C(=O)N[C@@]2(CCCC[C@@H]2C)C1=O)[C@@H]1CCS(=O)(=O)C1. The summed E-state index contributed by atoms with van der Waals surface area (Å²) in [7, 11) is -2.97. The summed E-state index contributed by atoms with van der Waals surface area (Å²) in [6.07, 6.45) is 4.31. The van der Waals surface area contributed by atoms with Crippen molar-refractivity contribution in [2.24, 2.45) is 5.92 Å². The van der Waals surface area contributed by atoms with E-state index in [1.165, 1.54) is 4.90 Å². The Hall–Kier alpha value is -1.15. The summed E-state index contributed by atoms with van der Waals surface area (Å²) in [5.74, 6) is 0.389. The van der Waals surface area contributed by atoms with Gasteiger partial charge in [-0.1, -0.05) is 19.8 Å². The number of nitrogens with zero attached hydrogens (tertiary/aromatic N) is 1. The van der Waals surface area contributed by atoms with Crippen molar-refractivity contribution >= 4 is 21.8 Å². The lowest BCUT2D eigenvalue weighted by Gasteiger charge is -2.37. The minimum Gasteiger partial charge on any atom is -0.323 e. The molecule has 3 rings (SSSR count). The van der Waals surface area contributed by atoms with Gasteiger partial charge in [0, 0.05) is 6.42 Å². The van der Waals surface area contributed by atoms with Crippen LogP contribution in [0, 0.1) is 5.92 Å². The normalized spacial score (nSPS) is 37.0. The van der Waals surface area contributed by atoms with E-state index in [0.29, 0.717) is 19.4 Å². The molecule has 136 valence electrons. The average Bonchev–Trinajstić information content (AvgIpc) is 3.00. The van der Waals surface area contributed by atoms with E-state index < -0.39 is 15.4 Å². The van der Waals surface area contributed by atoms with E-state index in [0.717, 1.165) is 24.2 Å². The maximum atomic E-state index is 13.0. The summed E-state index contributed by atoms with van der Waals surface area (Å²) in [6, 6.07) is -0.346. The zero-order valence-electron chi connectivity index (χ0n) is 14.5. The topological polar surface area (TPSA) is 88.0 Å². The number of rotatable bonds is 4. The first-order valence-electron chi connectivity index (χ1n) is 8.98. The van der Waals surface area contributed by atoms with E-state index in [2.05, 4.69) is 5.32 Å². The molecule has 3 aliphatic rings. The van der Waals surface area contributed by atoms with Gasteiger partial charge in [0.15, 0.2) is 16.5 Å². The zero-order valence-corrected chi connectivity index (χ0v) is 15.3. The van der Waals surface area contributed by atoms with E-state index in [1.807, 2.05) is 13.8 Å². The molecule has 2 heterocycles. The van der Waals surface area contributed by atoms with Gasteiger partial charge in [0.1, 0.15) is 17.3 Å². The van der Waals surface area contributed by atoms with Gasteiger partial charge in [-0.25, -0.2) is 18.1 Å². The Morgan fingerprint density at radius 2 is 2.04 bits per heavy atom. The Balaban J connectivity index is 1.74. The molecule has 0 radical (unpaired) electrons. The summed E-state index contributed by atoms with van der Waals surface area (Å²) in [5.41, 5.74) is -0.740. The molecule has 8 heteroatoms. The monoisotopic (exact) mass is 358 g/mol. The van der Waals surface area contributed by atoms with Crippen LogP contribution in [0.25, 0.3) is 0 Å². The molecule has 1 spiro atoms. The molecule has 3 amide bonds. The standard InChI is InChI=1S/C16H27N3O4S/c1-3-18(13-7-9-24(22,23)10-13)11-19-14(20)16(17-15(19)21)8-5-4-6-12(16)2/h12-13H,3-11H2,1-2H3,(H,17,21)/p+1/t12-,13+,16+/m0/s1. The van der Waals surface area contributed by atoms with Gasteiger partial charge in [-0.2, -0.15) is 0 Å². The molecule has 0 bridgehead atoms. The molecular weight excluding hydrogens is 330 g/mol. The first-order chi connectivity index (χ1) is 11.3. The van der Waals surface area contributed by atoms with Gasteiger partial charge in [-0.3, -0.25) is 4.79 Å². The minimum absolute atomic E-state index is 0.0269. The third-order valence-electron chi connectivity index (χ3n) is 6.13. The number of hydrogen-bond acceptors (Lipinski definition) is 4. The zero-order chi connectivity index (χ0) is 17.5. The highest BCUT2D eigenvalue weighted by Gasteiger charge is 2.56. The molecule has 4 atom stereocenters. The minimum atomic E-state index is -2.97. The van der Waals surface area contributed by atoms with Crippen LogP contribution in [0.4, 0.5) is 4.79 Å². The highest BCUT2D eigenvalue weighted by atomic mass is 32.2. The lowest BCUT2D eigenvalue weighted by Crippen LogP contribution is -3.17. The van der Waals surface area contributed by atoms with E-state index >= 15 is 0 Å². The van der Waals surface area contributed by atoms with Crippen molar-refractivity contribution in [2.45, 2.75) is 57.5 Å². The quantitative estimate of drug-likeness (QED) is 0.666. The third kappa shape index (κ3) is 2.94. The summed E-state index contributed by atoms with van der Waals surface area (Å²) in [4.78, 5) is 27.8. The van der Waals surface area contributed by atoms with Crippen LogP contribution in [-0.4, -0.2) is 61.6 Å². The second-order valence-corrected chi connectivity index (χ2v) is 9.78. The summed E-state index contributed by atoms with van der Waals surface area (Å²) in [5, 5.41) is 2.96. The molecule has 0 aromatic rings. The van der Waals surface area contributed by atoms with Crippen molar-refractivity contribution in [3.8, 4) is 0 Å². The number of urea groups is 1. The van der Waals surface area contributed by atoms with Crippen LogP contribution in [0.1, 0.15) is 46.0 Å². The number of carbonyl (C=O) groups excluding carboxylic acids is 2. The number of carbonyl (C=O) groups is 2. The first-order valence-corrected chi connectivity index (χ1v) is 10.8. The molecule has 1 unspecified atom stereocenters. The van der Waals surface area contributed by atoms with Gasteiger partial charge in [0.25, 0.3) is 5.91 Å². The lowest BCUT2D eigenvalue weighted by molar-refractivity contribution is -0.927. The van der Waals surface area contributed by atoms with Gasteiger partial charge in [0.05, 0.1) is 12.3 Å². The molecule has 7 nitrogen and oxygen atoms in total. The van der Waals surface area contributed by atoms with E-state index in [9.17, 15) is 18.0 Å². The highest BCUT2D eigenvalue weighted by Crippen LogP contribution is 2.37. The van der Waals surface area contributed by atoms with Gasteiger partial charge >= 0.3 is 6.03 Å². The molecule has 2 saturated heterocycles. The number of nitrogens with one attached hydrogen (secondary N) is 2. The van der Waals surface area contributed by atoms with Crippen LogP contribution in [-0.2, 0) is 14.6 Å². The largest absolute Gasteiger partial charge is 0.329 e. The number of hydrogen-bond donors (Lipinski definition) is 2. The van der Waals surface area contributed by atoms with Crippen LogP contribution >= 0.6 is 0 Å². The van der Waals surface area contributed by atoms with Crippen LogP contribution < -0.4 is 10.2 Å². The molecule has 3 fully saturated rings. The fourth-order valence-corrected chi connectivity index (χ4v) is 6.31. The molecule has 1 aliphatic carbocycles. The predicted octanol–water partition coefficient (Wildman–Crippen LogP) is -0.463. The Morgan fingerprint density at radius 3 is 2.62 bits per heavy atom. The Kier molecular flexibility index (Phi) is 4.63. The lowest BCUT2D eigenvalue weighted by atomic mass is 9.73. The van der Waals surface area contributed by atoms with Crippen molar-refractivity contribution in [1.82, 2.24) is 10.2 Å². The van der Waals surface area contributed by atoms with Crippen molar-refractivity contribution < 1.29 is 22.9 Å². The molecule has 24 heavy (non-hydrogen) atoms. The molecule has 0 aromatic carbocycles. The molecule has 2 N–H and O–H groups in total. The van der Waals surface area contributed by atoms with Crippen LogP contribution in [0.5, 0.6) is 0 Å².